The van der Waals surface area contributed by atoms with Gasteiger partial charge in [-0.1, -0.05) is 10.3 Å². The molecule has 0 aliphatic carbocycles. The molecular formula is C12H20N6O5. The Bertz CT molecular complexity index is 502. The van der Waals surface area contributed by atoms with Crippen molar-refractivity contribution in [3.8, 4) is 0 Å². The molecule has 0 aromatic carbocycles. The molecule has 0 radical (unpaired) electrons. The van der Waals surface area contributed by atoms with Crippen LogP contribution in [0.4, 0.5) is 0 Å². The van der Waals surface area contributed by atoms with Crippen LogP contribution in [0.15, 0.2) is 11.3 Å². The summed E-state index contributed by atoms with van der Waals surface area (Å²) in [5.74, 6) is -0.521. The van der Waals surface area contributed by atoms with Gasteiger partial charge in [-0.2, -0.15) is 0 Å². The van der Waals surface area contributed by atoms with Gasteiger partial charge in [0.15, 0.2) is 5.69 Å². The molecule has 1 heterocycles. The first kappa shape index (κ1) is 18.8. The van der Waals surface area contributed by atoms with E-state index in [1.807, 2.05) is 0 Å². The molecule has 0 unspecified atom stereocenters. The Morgan fingerprint density at radius 1 is 1.22 bits per heavy atom. The maximum Gasteiger partial charge on any atom is 0.360 e. The topological polar surface area (TPSA) is 133 Å². The van der Waals surface area contributed by atoms with Gasteiger partial charge in [0.2, 0.25) is 0 Å². The van der Waals surface area contributed by atoms with E-state index in [1.165, 1.54) is 18.0 Å². The van der Waals surface area contributed by atoms with Crippen molar-refractivity contribution < 1.29 is 23.7 Å². The van der Waals surface area contributed by atoms with E-state index >= 15 is 0 Å². The van der Waals surface area contributed by atoms with Crippen LogP contribution in [-0.4, -0.2) is 74.3 Å². The SMILES string of the molecule is COC(=O)c1cn(CCOCCOCCOCCN=[N+]=[N-])nn1. The van der Waals surface area contributed by atoms with Gasteiger partial charge in [0.05, 0.1) is 59.5 Å². The summed E-state index contributed by atoms with van der Waals surface area (Å²) in [6.45, 7) is 3.39. The van der Waals surface area contributed by atoms with E-state index in [0.717, 1.165) is 0 Å². The van der Waals surface area contributed by atoms with Crippen LogP contribution in [0.2, 0.25) is 0 Å². The molecule has 1 aromatic rings. The largest absolute Gasteiger partial charge is 0.464 e. The molecule has 0 aliphatic rings. The van der Waals surface area contributed by atoms with Crippen molar-refractivity contribution in [2.45, 2.75) is 6.54 Å². The predicted molar refractivity (Wildman–Crippen MR) is 77.8 cm³/mol. The Balaban J connectivity index is 1.92. The number of hydrogen-bond acceptors (Lipinski definition) is 8. The minimum absolute atomic E-state index is 0.163. The highest BCUT2D eigenvalue weighted by Gasteiger charge is 2.09. The molecule has 0 saturated heterocycles. The Morgan fingerprint density at radius 3 is 2.52 bits per heavy atom. The van der Waals surface area contributed by atoms with Crippen molar-refractivity contribution in [1.82, 2.24) is 15.0 Å². The van der Waals surface area contributed by atoms with Gasteiger partial charge in [0, 0.05) is 11.5 Å². The van der Waals surface area contributed by atoms with Crippen LogP contribution >= 0.6 is 0 Å². The van der Waals surface area contributed by atoms with Crippen LogP contribution in [0.5, 0.6) is 0 Å². The van der Waals surface area contributed by atoms with Gasteiger partial charge in [0.25, 0.3) is 0 Å². The van der Waals surface area contributed by atoms with E-state index in [4.69, 9.17) is 19.7 Å². The molecule has 1 rings (SSSR count). The molecule has 0 aliphatic heterocycles. The number of aromatic nitrogens is 3. The highest BCUT2D eigenvalue weighted by Crippen LogP contribution is 1.95. The maximum atomic E-state index is 11.2. The standard InChI is InChI=1S/C12H20N6O5/c1-20-12(19)11-10-18(17-15-11)3-5-22-7-9-23-8-6-21-4-2-14-16-13/h10H,2-9H2,1H3. The van der Waals surface area contributed by atoms with Crippen molar-refractivity contribution in [2.24, 2.45) is 5.11 Å². The van der Waals surface area contributed by atoms with E-state index in [0.29, 0.717) is 52.7 Å². The summed E-state index contributed by atoms with van der Waals surface area (Å²) >= 11 is 0. The van der Waals surface area contributed by atoms with E-state index in [1.54, 1.807) is 0 Å². The Hall–Kier alpha value is -2.20. The van der Waals surface area contributed by atoms with Crippen molar-refractivity contribution >= 4 is 5.97 Å². The van der Waals surface area contributed by atoms with E-state index in [-0.39, 0.29) is 5.69 Å². The summed E-state index contributed by atoms with van der Waals surface area (Å²) in [5.41, 5.74) is 8.22. The second kappa shape index (κ2) is 12.4. The van der Waals surface area contributed by atoms with Gasteiger partial charge in [-0.05, 0) is 5.53 Å². The molecular weight excluding hydrogens is 308 g/mol. The average Bonchev–Trinajstić information content (AvgIpc) is 3.04. The fourth-order valence-electron chi connectivity index (χ4n) is 1.46. The molecule has 1 aromatic heterocycles. The zero-order chi connectivity index (χ0) is 16.8. The number of methoxy groups -OCH3 is 1. The van der Waals surface area contributed by atoms with Crippen molar-refractivity contribution in [2.75, 3.05) is 53.3 Å². The fourth-order valence-corrected chi connectivity index (χ4v) is 1.46. The monoisotopic (exact) mass is 328 g/mol. The van der Waals surface area contributed by atoms with Gasteiger partial charge in [-0.25, -0.2) is 9.48 Å². The van der Waals surface area contributed by atoms with Crippen molar-refractivity contribution in [3.63, 3.8) is 0 Å². The third-order valence-electron chi connectivity index (χ3n) is 2.54. The number of ether oxygens (including phenoxy) is 4. The third-order valence-corrected chi connectivity index (χ3v) is 2.54. The minimum atomic E-state index is -0.521. The van der Waals surface area contributed by atoms with E-state index < -0.39 is 5.97 Å². The molecule has 0 bridgehead atoms. The van der Waals surface area contributed by atoms with Gasteiger partial charge < -0.3 is 18.9 Å². The molecule has 0 amide bonds. The number of esters is 1. The number of hydrogen-bond donors (Lipinski definition) is 0. The van der Waals surface area contributed by atoms with Crippen molar-refractivity contribution in [1.29, 1.82) is 0 Å². The fraction of sp³-hybridized carbons (Fsp3) is 0.750. The smallest absolute Gasteiger partial charge is 0.360 e. The number of carbonyl (C=O) groups is 1. The van der Waals surface area contributed by atoms with Crippen LogP contribution in [0.3, 0.4) is 0 Å². The summed E-state index contributed by atoms with van der Waals surface area (Å²) < 4.78 is 21.9. The first-order valence-corrected chi connectivity index (χ1v) is 7.00. The van der Waals surface area contributed by atoms with Gasteiger partial charge in [-0.15, -0.1) is 5.10 Å². The van der Waals surface area contributed by atoms with Crippen LogP contribution in [0.25, 0.3) is 10.4 Å². The minimum Gasteiger partial charge on any atom is -0.464 e. The molecule has 0 spiro atoms. The van der Waals surface area contributed by atoms with Crippen molar-refractivity contribution in [3.05, 3.63) is 22.3 Å². The molecule has 0 atom stereocenters. The van der Waals surface area contributed by atoms with Crippen LogP contribution in [0.1, 0.15) is 10.5 Å². The lowest BCUT2D eigenvalue weighted by Crippen LogP contribution is -2.13. The quantitative estimate of drug-likeness (QED) is 0.168. The first-order valence-electron chi connectivity index (χ1n) is 7.00. The highest BCUT2D eigenvalue weighted by atomic mass is 16.5. The summed E-state index contributed by atoms with van der Waals surface area (Å²) in [6.07, 6.45) is 1.50. The second-order valence-corrected chi connectivity index (χ2v) is 4.15. The second-order valence-electron chi connectivity index (χ2n) is 4.15. The molecule has 11 heteroatoms. The zero-order valence-electron chi connectivity index (χ0n) is 13.0. The normalized spacial score (nSPS) is 10.3. The lowest BCUT2D eigenvalue weighted by atomic mass is 10.5. The lowest BCUT2D eigenvalue weighted by Gasteiger charge is -2.06. The Kier molecular flexibility index (Phi) is 10.1. The molecule has 11 nitrogen and oxygen atoms in total. The number of rotatable bonds is 13. The van der Waals surface area contributed by atoms with Crippen LogP contribution in [0, 0.1) is 0 Å². The van der Waals surface area contributed by atoms with E-state index in [2.05, 4.69) is 25.1 Å². The van der Waals surface area contributed by atoms with E-state index in [9.17, 15) is 4.79 Å². The summed E-state index contributed by atoms with van der Waals surface area (Å²) in [5, 5.41) is 10.8. The maximum absolute atomic E-state index is 11.2. The Morgan fingerprint density at radius 2 is 1.87 bits per heavy atom. The lowest BCUT2D eigenvalue weighted by molar-refractivity contribution is 0.0141. The highest BCUT2D eigenvalue weighted by molar-refractivity contribution is 5.86. The molecule has 23 heavy (non-hydrogen) atoms. The third kappa shape index (κ3) is 8.73. The Labute approximate surface area is 133 Å². The molecule has 0 fully saturated rings. The number of azide groups is 1. The number of carbonyl (C=O) groups excluding carboxylic acids is 1. The molecule has 0 N–H and O–H groups in total. The molecule has 0 saturated carbocycles. The number of nitrogens with zero attached hydrogens (tertiary/aromatic N) is 6. The first-order chi connectivity index (χ1) is 11.3. The van der Waals surface area contributed by atoms with Gasteiger partial charge in [0.1, 0.15) is 0 Å². The summed E-state index contributed by atoms with van der Waals surface area (Å²) in [6, 6.07) is 0. The predicted octanol–water partition coefficient (Wildman–Crippen LogP) is 0.425. The molecule has 128 valence electrons. The van der Waals surface area contributed by atoms with Gasteiger partial charge >= 0.3 is 5.97 Å². The van der Waals surface area contributed by atoms with Crippen LogP contribution < -0.4 is 0 Å². The average molecular weight is 328 g/mol. The summed E-state index contributed by atoms with van der Waals surface area (Å²) in [4.78, 5) is 13.8. The zero-order valence-corrected chi connectivity index (χ0v) is 13.0. The van der Waals surface area contributed by atoms with Crippen LogP contribution in [-0.2, 0) is 25.5 Å². The summed E-state index contributed by atoms with van der Waals surface area (Å²) in [7, 11) is 1.29. The van der Waals surface area contributed by atoms with Gasteiger partial charge in [-0.3, -0.25) is 0 Å².